The van der Waals surface area contributed by atoms with Crippen molar-refractivity contribution in [2.24, 2.45) is 56.7 Å². The van der Waals surface area contributed by atoms with E-state index in [0.717, 1.165) is 73.1 Å². The van der Waals surface area contributed by atoms with E-state index in [0.29, 0.717) is 24.9 Å². The molecule has 12 rings (SSSR count). The van der Waals surface area contributed by atoms with Gasteiger partial charge in [-0.15, -0.1) is 0 Å². The molecular formula is C50H64N2O4. The zero-order chi connectivity index (χ0) is 38.9. The number of allylic oxidation sites excluding steroid dienone is 4. The first-order valence-corrected chi connectivity index (χ1v) is 22.3. The molecule has 0 aliphatic heterocycles. The number of hydrogen-bond acceptors (Lipinski definition) is 4. The number of rotatable bonds is 8. The summed E-state index contributed by atoms with van der Waals surface area (Å²) >= 11 is 0. The molecule has 7 saturated carbocycles. The summed E-state index contributed by atoms with van der Waals surface area (Å²) in [6.07, 6.45) is 20.0. The van der Waals surface area contributed by atoms with E-state index in [1.807, 2.05) is 44.2 Å². The van der Waals surface area contributed by atoms with Crippen LogP contribution in [0, 0.1) is 56.7 Å². The molecule has 10 aliphatic rings. The Balaban J connectivity index is 1.02. The molecule has 7 fully saturated rings. The van der Waals surface area contributed by atoms with Crippen molar-refractivity contribution in [2.45, 2.75) is 129 Å². The van der Waals surface area contributed by atoms with Crippen LogP contribution in [0.1, 0.15) is 122 Å². The van der Waals surface area contributed by atoms with Crippen LogP contribution in [0.25, 0.3) is 11.1 Å². The summed E-state index contributed by atoms with van der Waals surface area (Å²) in [5.74, 6) is 2.73. The van der Waals surface area contributed by atoms with Crippen molar-refractivity contribution in [3.8, 4) is 11.1 Å². The summed E-state index contributed by atoms with van der Waals surface area (Å²) in [4.78, 5) is 31.6. The first-order chi connectivity index (χ1) is 26.7. The van der Waals surface area contributed by atoms with E-state index in [1.54, 1.807) is 0 Å². The van der Waals surface area contributed by atoms with Gasteiger partial charge in [0.2, 0.25) is 0 Å². The lowest BCUT2D eigenvalue weighted by Gasteiger charge is -2.71. The molecule has 0 heterocycles. The van der Waals surface area contributed by atoms with Crippen molar-refractivity contribution in [1.82, 2.24) is 10.2 Å². The maximum atomic E-state index is 15.2. The standard InChI is InChI=1S/C50H64N2O4/c1-32(2)51-44(55)52(30-47-25-33-22-34(26-47)24-35(23-33)27-47)31-49(56)19-16-42-46(49,4)18-15-41-45(3)17-14-39(53)28-48(45)20-21-50(41,42)40(29-48)43(54)38-12-10-37(11-13-38)36-8-6-5-7-9-36/h5-13,20-21,29,32-35,39,41-42,53,56H,14-19,22-28,30-31H2,1-4H3,(H,51,55)/t33?,34?,35?,39?,41-,42-,45-,46+,47?,48+,49-,50-/m1/s1. The molecule has 1 unspecified atom stereocenters. The van der Waals surface area contributed by atoms with Crippen LogP contribution in [0.2, 0.25) is 0 Å². The quantitative estimate of drug-likeness (QED) is 0.185. The lowest BCUT2D eigenvalue weighted by molar-refractivity contribution is -0.176. The van der Waals surface area contributed by atoms with Crippen LogP contribution in [0.3, 0.4) is 0 Å². The Morgan fingerprint density at radius 1 is 0.768 bits per heavy atom. The molecule has 6 nitrogen and oxygen atoms in total. The van der Waals surface area contributed by atoms with Crippen LogP contribution in [0.15, 0.2) is 78.4 Å². The third kappa shape index (κ3) is 5.25. The number of Topliss-reactive ketones (excluding diaryl/α,β-unsaturated/α-hetero) is 1. The highest BCUT2D eigenvalue weighted by Crippen LogP contribution is 2.78. The molecule has 0 aromatic heterocycles. The molecular weight excluding hydrogens is 693 g/mol. The van der Waals surface area contributed by atoms with Gasteiger partial charge in [-0.1, -0.05) is 86.7 Å². The molecule has 0 saturated heterocycles. The van der Waals surface area contributed by atoms with Gasteiger partial charge in [0.05, 0.1) is 18.2 Å². The van der Waals surface area contributed by atoms with E-state index >= 15 is 4.79 Å². The lowest BCUT2D eigenvalue weighted by atomic mass is 9.32. The van der Waals surface area contributed by atoms with Gasteiger partial charge in [-0.2, -0.15) is 0 Å². The predicted molar refractivity (Wildman–Crippen MR) is 221 cm³/mol. The van der Waals surface area contributed by atoms with E-state index in [1.165, 1.54) is 38.5 Å². The Hall–Kier alpha value is -3.22. The number of nitrogens with one attached hydrogen (secondary N) is 1. The normalized spacial score (nSPS) is 43.9. The minimum Gasteiger partial charge on any atom is -0.393 e. The highest BCUT2D eigenvalue weighted by molar-refractivity contribution is 6.10. The van der Waals surface area contributed by atoms with Crippen LogP contribution >= 0.6 is 0 Å². The monoisotopic (exact) mass is 756 g/mol. The van der Waals surface area contributed by atoms with Gasteiger partial charge in [-0.25, -0.2) is 4.79 Å². The Morgan fingerprint density at radius 3 is 2.04 bits per heavy atom. The second kappa shape index (κ2) is 12.6. The third-order valence-electron chi connectivity index (χ3n) is 18.1. The SMILES string of the molecule is CC(C)NC(=O)N(CC12CC3CC(CC(C3)C1)C2)C[C@]1(O)CC[C@H]2[C@]34C=C[C@@]5(C=C3C(=O)c3ccc(-c6ccccc6)cc3)CC(O)CC[C@]5(C)[C@H]4CC[C@@]21C. The van der Waals surface area contributed by atoms with Crippen LogP contribution in [0.4, 0.5) is 4.79 Å². The first-order valence-electron chi connectivity index (χ1n) is 22.3. The van der Waals surface area contributed by atoms with E-state index in [2.05, 4.69) is 66.6 Å². The molecule has 2 aromatic carbocycles. The van der Waals surface area contributed by atoms with E-state index < -0.39 is 22.5 Å². The number of carbonyl (C=O) groups is 2. The Bertz CT molecular complexity index is 1930. The third-order valence-corrected chi connectivity index (χ3v) is 18.1. The number of aliphatic hydroxyl groups excluding tert-OH is 1. The molecule has 56 heavy (non-hydrogen) atoms. The fraction of sp³-hybridized carbons (Fsp3) is 0.640. The van der Waals surface area contributed by atoms with Crippen molar-refractivity contribution >= 4 is 11.8 Å². The second-order valence-corrected chi connectivity index (χ2v) is 21.5. The van der Waals surface area contributed by atoms with Gasteiger partial charge in [-0.05, 0) is 149 Å². The number of urea groups is 1. The minimum atomic E-state index is -1.08. The number of ketones is 1. The number of aliphatic hydroxyl groups is 2. The Labute approximate surface area is 334 Å². The van der Waals surface area contributed by atoms with Crippen LogP contribution in [-0.4, -0.2) is 57.8 Å². The highest BCUT2D eigenvalue weighted by atomic mass is 16.3. The van der Waals surface area contributed by atoms with Crippen molar-refractivity contribution in [3.63, 3.8) is 0 Å². The Morgan fingerprint density at radius 2 is 1.38 bits per heavy atom. The molecule has 2 amide bonds. The van der Waals surface area contributed by atoms with Crippen molar-refractivity contribution in [3.05, 3.63) is 84.0 Å². The van der Waals surface area contributed by atoms with Gasteiger partial charge in [0.25, 0.3) is 0 Å². The van der Waals surface area contributed by atoms with Crippen LogP contribution in [0.5, 0.6) is 0 Å². The summed E-state index contributed by atoms with van der Waals surface area (Å²) in [7, 11) is 0. The molecule has 0 radical (unpaired) electrons. The number of hydrogen-bond donors (Lipinski definition) is 3. The van der Waals surface area contributed by atoms with Crippen molar-refractivity contribution in [1.29, 1.82) is 0 Å². The Kier molecular flexibility index (Phi) is 8.37. The largest absolute Gasteiger partial charge is 0.393 e. The van der Waals surface area contributed by atoms with Gasteiger partial charge < -0.3 is 20.4 Å². The highest BCUT2D eigenvalue weighted by Gasteiger charge is 2.74. The van der Waals surface area contributed by atoms with Gasteiger partial charge in [0.1, 0.15) is 0 Å². The zero-order valence-electron chi connectivity index (χ0n) is 34.2. The molecule has 2 aromatic rings. The molecule has 10 aliphatic carbocycles. The number of benzene rings is 2. The maximum absolute atomic E-state index is 15.2. The summed E-state index contributed by atoms with van der Waals surface area (Å²) in [6.45, 7) is 9.90. The number of nitrogens with zero attached hydrogens (tertiary/aromatic N) is 1. The molecule has 298 valence electrons. The van der Waals surface area contributed by atoms with E-state index in [-0.39, 0.29) is 45.9 Å². The van der Waals surface area contributed by atoms with Crippen molar-refractivity contribution in [2.75, 3.05) is 13.1 Å². The molecule has 6 heteroatoms. The average Bonchev–Trinajstić information content (AvgIpc) is 3.43. The second-order valence-electron chi connectivity index (χ2n) is 21.5. The minimum absolute atomic E-state index is 0.0161. The van der Waals surface area contributed by atoms with Crippen molar-refractivity contribution < 1.29 is 19.8 Å². The zero-order valence-corrected chi connectivity index (χ0v) is 34.2. The molecule has 6 bridgehead atoms. The average molecular weight is 757 g/mol. The molecule has 3 N–H and O–H groups in total. The smallest absolute Gasteiger partial charge is 0.317 e. The first kappa shape index (κ1) is 37.1. The van der Waals surface area contributed by atoms with E-state index in [9.17, 15) is 15.0 Å². The fourth-order valence-corrected chi connectivity index (χ4v) is 15.9. The number of amides is 2. The molecule has 8 atom stereocenters. The van der Waals surface area contributed by atoms with Gasteiger partial charge >= 0.3 is 6.03 Å². The van der Waals surface area contributed by atoms with E-state index in [4.69, 9.17) is 0 Å². The molecule has 2 spiro atoms. The summed E-state index contributed by atoms with van der Waals surface area (Å²) in [5.41, 5.74) is 1.38. The van der Waals surface area contributed by atoms with Gasteiger partial charge in [-0.3, -0.25) is 4.79 Å². The maximum Gasteiger partial charge on any atom is 0.317 e. The predicted octanol–water partition coefficient (Wildman–Crippen LogP) is 9.76. The van der Waals surface area contributed by atoms with Gasteiger partial charge in [0.15, 0.2) is 5.78 Å². The lowest BCUT2D eigenvalue weighted by Crippen LogP contribution is -2.68. The number of carbonyl (C=O) groups excluding carboxylic acids is 2. The summed E-state index contributed by atoms with van der Waals surface area (Å²) in [5, 5.41) is 27.8. The topological polar surface area (TPSA) is 89.9 Å². The van der Waals surface area contributed by atoms with Crippen LogP contribution in [-0.2, 0) is 0 Å². The fourth-order valence-electron chi connectivity index (χ4n) is 15.9. The summed E-state index contributed by atoms with van der Waals surface area (Å²) in [6, 6.07) is 18.4. The van der Waals surface area contributed by atoms with Crippen LogP contribution < -0.4 is 5.32 Å². The number of fused-ring (bicyclic) bond motifs is 1. The summed E-state index contributed by atoms with van der Waals surface area (Å²) < 4.78 is 0. The van der Waals surface area contributed by atoms with Gasteiger partial charge in [0, 0.05) is 40.0 Å².